The van der Waals surface area contributed by atoms with Gasteiger partial charge < -0.3 is 0 Å². The lowest BCUT2D eigenvalue weighted by atomic mass is 10.2. The molecule has 0 aromatic carbocycles. The summed E-state index contributed by atoms with van der Waals surface area (Å²) in [6.07, 6.45) is 5.50. The molecule has 0 unspecified atom stereocenters. The molecule has 0 bridgehead atoms. The third kappa shape index (κ3) is 2.83. The first kappa shape index (κ1) is 8.44. The fraction of sp³-hybridized carbons (Fsp3) is 0.556. The second-order valence-corrected chi connectivity index (χ2v) is 2.87. The van der Waals surface area contributed by atoms with E-state index in [9.17, 15) is 8.78 Å². The van der Waals surface area contributed by atoms with Crippen LogP contribution in [0.3, 0.4) is 0 Å². The van der Waals surface area contributed by atoms with Crippen molar-refractivity contribution in [3.63, 3.8) is 0 Å². The Bertz CT molecular complexity index is 188. The Balaban J connectivity index is 2.36. The van der Waals surface area contributed by atoms with Gasteiger partial charge in [0.2, 0.25) is 0 Å². The van der Waals surface area contributed by atoms with E-state index in [-0.39, 0.29) is 0 Å². The van der Waals surface area contributed by atoms with Crippen LogP contribution in [0, 0.1) is 5.92 Å². The van der Waals surface area contributed by atoms with Gasteiger partial charge in [0.25, 0.3) is 0 Å². The quantitative estimate of drug-likeness (QED) is 0.551. The summed E-state index contributed by atoms with van der Waals surface area (Å²) in [6, 6.07) is 0. The van der Waals surface area contributed by atoms with Gasteiger partial charge in [0.1, 0.15) is 0 Å². The highest BCUT2D eigenvalue weighted by Crippen LogP contribution is 2.33. The lowest BCUT2D eigenvalue weighted by molar-refractivity contribution is 0.538. The first-order valence-electron chi connectivity index (χ1n) is 3.92. The van der Waals surface area contributed by atoms with Crippen molar-refractivity contribution in [2.24, 2.45) is 5.92 Å². The maximum atomic E-state index is 12.6. The highest BCUT2D eigenvalue weighted by molar-refractivity contribution is 5.17. The third-order valence-electron chi connectivity index (χ3n) is 1.81. The summed E-state index contributed by atoms with van der Waals surface area (Å²) in [5.41, 5.74) is 0. The van der Waals surface area contributed by atoms with E-state index in [1.54, 1.807) is 0 Å². The predicted molar refractivity (Wildman–Crippen MR) is 41.4 cm³/mol. The van der Waals surface area contributed by atoms with Crippen LogP contribution in [0.2, 0.25) is 0 Å². The summed E-state index contributed by atoms with van der Waals surface area (Å²) in [5, 5.41) is 0. The molecule has 0 aliphatic heterocycles. The van der Waals surface area contributed by atoms with Crippen LogP contribution < -0.4 is 0 Å². The van der Waals surface area contributed by atoms with Crippen LogP contribution in [0.5, 0.6) is 0 Å². The molecule has 0 amide bonds. The average Bonchev–Trinajstić information content (AvgIpc) is 2.81. The number of allylic oxidation sites excluding steroid dienone is 4. The van der Waals surface area contributed by atoms with E-state index in [4.69, 9.17) is 0 Å². The molecule has 0 atom stereocenters. The van der Waals surface area contributed by atoms with Crippen molar-refractivity contribution in [1.82, 2.24) is 0 Å². The molecule has 11 heavy (non-hydrogen) atoms. The lowest BCUT2D eigenvalue weighted by Crippen LogP contribution is -1.76. The smallest absolute Gasteiger partial charge is 0.154 e. The van der Waals surface area contributed by atoms with Crippen molar-refractivity contribution in [3.05, 3.63) is 23.8 Å². The molecule has 0 saturated heterocycles. The van der Waals surface area contributed by atoms with Gasteiger partial charge >= 0.3 is 0 Å². The van der Waals surface area contributed by atoms with Crippen LogP contribution >= 0.6 is 0 Å². The maximum absolute atomic E-state index is 12.6. The Morgan fingerprint density at radius 3 is 2.45 bits per heavy atom. The highest BCUT2D eigenvalue weighted by Gasteiger charge is 2.19. The minimum absolute atomic E-state index is 0.616. The van der Waals surface area contributed by atoms with E-state index in [1.165, 1.54) is 25.8 Å². The van der Waals surface area contributed by atoms with Gasteiger partial charge in [-0.25, -0.2) is 8.78 Å². The van der Waals surface area contributed by atoms with Gasteiger partial charge in [-0.05, 0) is 44.3 Å². The number of rotatable bonds is 3. The largest absolute Gasteiger partial charge is 0.204 e. The van der Waals surface area contributed by atoms with Gasteiger partial charge in [-0.2, -0.15) is 0 Å². The van der Waals surface area contributed by atoms with Gasteiger partial charge in [0.05, 0.1) is 0 Å². The van der Waals surface area contributed by atoms with Crippen LogP contribution in [0.25, 0.3) is 0 Å². The Morgan fingerprint density at radius 1 is 1.36 bits per heavy atom. The average molecular weight is 158 g/mol. The Labute approximate surface area is 65.6 Å². The van der Waals surface area contributed by atoms with E-state index < -0.39 is 11.7 Å². The fourth-order valence-electron chi connectivity index (χ4n) is 0.859. The molecule has 62 valence electrons. The summed E-state index contributed by atoms with van der Waals surface area (Å²) in [4.78, 5) is 0. The van der Waals surface area contributed by atoms with Gasteiger partial charge in [-0.15, -0.1) is 0 Å². The van der Waals surface area contributed by atoms with E-state index in [2.05, 4.69) is 0 Å². The first-order chi connectivity index (χ1) is 5.24. The van der Waals surface area contributed by atoms with Crippen molar-refractivity contribution >= 4 is 0 Å². The minimum atomic E-state index is -0.745. The van der Waals surface area contributed by atoms with Crippen molar-refractivity contribution in [3.8, 4) is 0 Å². The SMILES string of the molecule is CC=C(F)C(F)=CCC1CC1. The number of hydrogen-bond donors (Lipinski definition) is 0. The normalized spacial score (nSPS) is 20.6. The molecule has 0 radical (unpaired) electrons. The number of hydrogen-bond acceptors (Lipinski definition) is 0. The Kier molecular flexibility index (Phi) is 2.80. The molecule has 0 nitrogen and oxygen atoms in total. The molecule has 0 N–H and O–H groups in total. The zero-order valence-corrected chi connectivity index (χ0v) is 6.61. The second kappa shape index (κ2) is 3.65. The zero-order chi connectivity index (χ0) is 8.27. The zero-order valence-electron chi connectivity index (χ0n) is 6.61. The van der Waals surface area contributed by atoms with E-state index >= 15 is 0 Å². The maximum Gasteiger partial charge on any atom is 0.154 e. The molecule has 0 heterocycles. The van der Waals surface area contributed by atoms with Gasteiger partial charge in [-0.1, -0.05) is 0 Å². The molecule has 1 fully saturated rings. The molecule has 1 saturated carbocycles. The van der Waals surface area contributed by atoms with Gasteiger partial charge in [0.15, 0.2) is 11.7 Å². The van der Waals surface area contributed by atoms with Gasteiger partial charge in [-0.3, -0.25) is 0 Å². The van der Waals surface area contributed by atoms with Crippen LogP contribution in [0.1, 0.15) is 26.2 Å². The molecule has 1 aliphatic carbocycles. The van der Waals surface area contributed by atoms with E-state index in [0.717, 1.165) is 6.08 Å². The summed E-state index contributed by atoms with van der Waals surface area (Å²) in [5.74, 6) is -0.838. The standard InChI is InChI=1S/C9H12F2/c1-2-8(10)9(11)6-5-7-3-4-7/h2,6-7H,3-5H2,1H3. The molecular weight excluding hydrogens is 146 g/mol. The lowest BCUT2D eigenvalue weighted by Gasteiger charge is -1.91. The summed E-state index contributed by atoms with van der Waals surface area (Å²) < 4.78 is 25.0. The highest BCUT2D eigenvalue weighted by atomic mass is 19.2. The molecule has 2 heteroatoms. The monoisotopic (exact) mass is 158 g/mol. The van der Waals surface area contributed by atoms with Crippen molar-refractivity contribution in [2.45, 2.75) is 26.2 Å². The second-order valence-electron chi connectivity index (χ2n) is 2.87. The van der Waals surface area contributed by atoms with Crippen LogP contribution in [0.4, 0.5) is 8.78 Å². The molecular formula is C9H12F2. The fourth-order valence-corrected chi connectivity index (χ4v) is 0.859. The summed E-state index contributed by atoms with van der Waals surface area (Å²) in [6.45, 7) is 1.49. The van der Waals surface area contributed by atoms with Crippen molar-refractivity contribution < 1.29 is 8.78 Å². The molecule has 0 spiro atoms. The van der Waals surface area contributed by atoms with Crippen molar-refractivity contribution in [2.75, 3.05) is 0 Å². The summed E-state index contributed by atoms with van der Waals surface area (Å²) >= 11 is 0. The van der Waals surface area contributed by atoms with E-state index in [1.807, 2.05) is 0 Å². The summed E-state index contributed by atoms with van der Waals surface area (Å²) in [7, 11) is 0. The third-order valence-corrected chi connectivity index (χ3v) is 1.81. The molecule has 1 aliphatic rings. The first-order valence-corrected chi connectivity index (χ1v) is 3.92. The number of halogens is 2. The minimum Gasteiger partial charge on any atom is -0.204 e. The van der Waals surface area contributed by atoms with Crippen LogP contribution in [-0.4, -0.2) is 0 Å². The Hall–Kier alpha value is -0.660. The molecule has 0 aromatic heterocycles. The van der Waals surface area contributed by atoms with Crippen LogP contribution in [-0.2, 0) is 0 Å². The van der Waals surface area contributed by atoms with Crippen LogP contribution in [0.15, 0.2) is 23.8 Å². The molecule has 0 aromatic rings. The van der Waals surface area contributed by atoms with Gasteiger partial charge in [0, 0.05) is 0 Å². The topological polar surface area (TPSA) is 0 Å². The van der Waals surface area contributed by atoms with Crippen molar-refractivity contribution in [1.29, 1.82) is 0 Å². The Morgan fingerprint density at radius 2 is 2.00 bits per heavy atom. The van der Waals surface area contributed by atoms with E-state index in [0.29, 0.717) is 12.3 Å². The molecule has 1 rings (SSSR count). The predicted octanol–water partition coefficient (Wildman–Crippen LogP) is 3.51.